The molecule has 0 aliphatic carbocycles. The normalized spacial score (nSPS) is 11.4. The molecule has 2 N–H and O–H groups in total. The quantitative estimate of drug-likeness (QED) is 0.787. The Kier molecular flexibility index (Phi) is 9.69. The molecule has 0 heterocycles. The maximum Gasteiger partial charge on any atom is 0.225 e. The second kappa shape index (κ2) is 10.4. The van der Waals surface area contributed by atoms with E-state index in [1.54, 1.807) is 25.2 Å². The molecular formula is C14H22ClFN2O3. The number of methoxy groups -OCH3 is 1. The molecule has 1 unspecified atom stereocenters. The third-order valence-electron chi connectivity index (χ3n) is 2.95. The van der Waals surface area contributed by atoms with Crippen LogP contribution >= 0.6 is 12.4 Å². The number of para-hydroxylation sites is 1. The van der Waals surface area contributed by atoms with Crippen molar-refractivity contribution in [3.8, 4) is 5.75 Å². The van der Waals surface area contributed by atoms with E-state index in [0.717, 1.165) is 0 Å². The lowest BCUT2D eigenvalue weighted by molar-refractivity contribution is -0.132. The van der Waals surface area contributed by atoms with Gasteiger partial charge in [-0.2, -0.15) is 0 Å². The Morgan fingerprint density at radius 3 is 2.67 bits per heavy atom. The fraction of sp³-hybridized carbons (Fsp3) is 0.500. The van der Waals surface area contributed by atoms with Gasteiger partial charge in [0.05, 0.1) is 19.1 Å². The lowest BCUT2D eigenvalue weighted by Gasteiger charge is -2.20. The van der Waals surface area contributed by atoms with Crippen molar-refractivity contribution in [3.05, 3.63) is 30.1 Å². The molecule has 0 fully saturated rings. The summed E-state index contributed by atoms with van der Waals surface area (Å²) in [6.45, 7) is 0.888. The molecule has 1 aromatic carbocycles. The minimum atomic E-state index is -0.413. The first-order valence-corrected chi connectivity index (χ1v) is 6.42. The van der Waals surface area contributed by atoms with Gasteiger partial charge in [-0.1, -0.05) is 12.1 Å². The summed E-state index contributed by atoms with van der Waals surface area (Å²) >= 11 is 0. The number of rotatable bonds is 8. The predicted molar refractivity (Wildman–Crippen MR) is 81.2 cm³/mol. The number of carbonyl (C=O) groups is 1. The summed E-state index contributed by atoms with van der Waals surface area (Å²) in [6, 6.07) is 6.16. The average Bonchev–Trinajstić information content (AvgIpc) is 2.46. The van der Waals surface area contributed by atoms with Crippen molar-refractivity contribution in [2.24, 2.45) is 5.73 Å². The Morgan fingerprint density at radius 1 is 1.43 bits per heavy atom. The van der Waals surface area contributed by atoms with Gasteiger partial charge in [0.1, 0.15) is 6.61 Å². The van der Waals surface area contributed by atoms with Gasteiger partial charge in [0.25, 0.3) is 0 Å². The topological polar surface area (TPSA) is 64.8 Å². The van der Waals surface area contributed by atoms with Gasteiger partial charge in [0.2, 0.25) is 5.91 Å². The van der Waals surface area contributed by atoms with Crippen LogP contribution in [0.2, 0.25) is 0 Å². The molecule has 0 saturated carbocycles. The van der Waals surface area contributed by atoms with Crippen LogP contribution < -0.4 is 10.5 Å². The summed E-state index contributed by atoms with van der Waals surface area (Å²) in [7, 11) is 3.18. The van der Waals surface area contributed by atoms with E-state index in [1.165, 1.54) is 18.1 Å². The maximum atomic E-state index is 13.3. The molecular weight excluding hydrogens is 299 g/mol. The van der Waals surface area contributed by atoms with E-state index in [9.17, 15) is 9.18 Å². The number of halogens is 2. The predicted octanol–water partition coefficient (Wildman–Crippen LogP) is 1.45. The number of hydrogen-bond donors (Lipinski definition) is 1. The van der Waals surface area contributed by atoms with Gasteiger partial charge in [-0.3, -0.25) is 4.79 Å². The first kappa shape index (κ1) is 19.6. The van der Waals surface area contributed by atoms with Gasteiger partial charge >= 0.3 is 0 Å². The highest BCUT2D eigenvalue weighted by Gasteiger charge is 2.15. The molecule has 1 rings (SSSR count). The number of hydrogen-bond acceptors (Lipinski definition) is 4. The number of likely N-dealkylation sites (N-methyl/N-ethyl adjacent to an activating group) is 1. The van der Waals surface area contributed by atoms with Crippen LogP contribution in [-0.4, -0.2) is 50.8 Å². The number of nitrogens with zero attached hydrogens (tertiary/aromatic N) is 1. The van der Waals surface area contributed by atoms with Crippen molar-refractivity contribution in [2.75, 3.05) is 33.9 Å². The summed E-state index contributed by atoms with van der Waals surface area (Å²) in [5.74, 6) is -0.312. The molecule has 0 radical (unpaired) electrons. The molecule has 0 spiro atoms. The van der Waals surface area contributed by atoms with Gasteiger partial charge in [-0.15, -0.1) is 12.4 Å². The fourth-order valence-corrected chi connectivity index (χ4v) is 1.59. The van der Waals surface area contributed by atoms with Gasteiger partial charge in [-0.25, -0.2) is 4.39 Å². The summed E-state index contributed by atoms with van der Waals surface area (Å²) in [6.07, 6.45) is -0.0548. The molecule has 1 atom stereocenters. The first-order chi connectivity index (χ1) is 9.58. The zero-order chi connectivity index (χ0) is 15.0. The van der Waals surface area contributed by atoms with Crippen molar-refractivity contribution >= 4 is 18.3 Å². The molecule has 120 valence electrons. The second-order valence-corrected chi connectivity index (χ2v) is 4.39. The molecule has 5 nitrogen and oxygen atoms in total. The van der Waals surface area contributed by atoms with E-state index in [0.29, 0.717) is 13.1 Å². The van der Waals surface area contributed by atoms with E-state index in [-0.39, 0.29) is 43.2 Å². The monoisotopic (exact) mass is 320 g/mol. The summed E-state index contributed by atoms with van der Waals surface area (Å²) in [5.41, 5.74) is 5.46. The molecule has 1 aromatic rings. The Morgan fingerprint density at radius 2 is 2.10 bits per heavy atom. The molecule has 0 aliphatic heterocycles. The summed E-state index contributed by atoms with van der Waals surface area (Å²) in [5, 5.41) is 0. The zero-order valence-corrected chi connectivity index (χ0v) is 13.1. The maximum absolute atomic E-state index is 13.3. The van der Waals surface area contributed by atoms with Crippen molar-refractivity contribution < 1.29 is 18.7 Å². The lowest BCUT2D eigenvalue weighted by Crippen LogP contribution is -2.35. The summed E-state index contributed by atoms with van der Waals surface area (Å²) < 4.78 is 23.6. The minimum absolute atomic E-state index is 0. The molecule has 1 amide bonds. The lowest BCUT2D eigenvalue weighted by atomic mass is 10.2. The van der Waals surface area contributed by atoms with E-state index >= 15 is 0 Å². The Bertz CT molecular complexity index is 430. The summed E-state index contributed by atoms with van der Waals surface area (Å²) in [4.78, 5) is 13.4. The van der Waals surface area contributed by atoms with Crippen molar-refractivity contribution in [1.82, 2.24) is 4.90 Å². The highest BCUT2D eigenvalue weighted by molar-refractivity contribution is 5.85. The van der Waals surface area contributed by atoms with Crippen LogP contribution in [0.4, 0.5) is 4.39 Å². The second-order valence-electron chi connectivity index (χ2n) is 4.39. The number of benzene rings is 1. The number of ether oxygens (including phenoxy) is 2. The van der Waals surface area contributed by atoms with Gasteiger partial charge in [0, 0.05) is 20.7 Å². The SMILES string of the molecule is COC(CN)CC(=O)N(C)CCOc1ccccc1F.Cl. The van der Waals surface area contributed by atoms with Crippen LogP contribution in [0.1, 0.15) is 6.42 Å². The van der Waals surface area contributed by atoms with E-state index in [4.69, 9.17) is 15.2 Å². The highest BCUT2D eigenvalue weighted by atomic mass is 35.5. The standard InChI is InChI=1S/C14H21FN2O3.ClH/c1-17(14(18)9-11(10-16)19-2)7-8-20-13-6-4-3-5-12(13)15;/h3-6,11H,7-10,16H2,1-2H3;1H. The van der Waals surface area contributed by atoms with Gasteiger partial charge in [-0.05, 0) is 12.1 Å². The Labute approximate surface area is 130 Å². The van der Waals surface area contributed by atoms with Gasteiger partial charge in [0.15, 0.2) is 11.6 Å². The van der Waals surface area contributed by atoms with Crippen molar-refractivity contribution in [3.63, 3.8) is 0 Å². The largest absolute Gasteiger partial charge is 0.489 e. The molecule has 21 heavy (non-hydrogen) atoms. The van der Waals surface area contributed by atoms with Crippen molar-refractivity contribution in [1.29, 1.82) is 0 Å². The van der Waals surface area contributed by atoms with Crippen LogP contribution in [0, 0.1) is 5.82 Å². The number of carbonyl (C=O) groups excluding carboxylic acids is 1. The molecule has 0 saturated heterocycles. The molecule has 0 aromatic heterocycles. The van der Waals surface area contributed by atoms with Crippen LogP contribution in [0.3, 0.4) is 0 Å². The smallest absolute Gasteiger partial charge is 0.225 e. The van der Waals surface area contributed by atoms with Crippen LogP contribution in [0.5, 0.6) is 5.75 Å². The first-order valence-electron chi connectivity index (χ1n) is 6.42. The molecule has 7 heteroatoms. The van der Waals surface area contributed by atoms with Crippen LogP contribution in [0.15, 0.2) is 24.3 Å². The third kappa shape index (κ3) is 6.75. The highest BCUT2D eigenvalue weighted by Crippen LogP contribution is 2.15. The molecule has 0 bridgehead atoms. The minimum Gasteiger partial charge on any atom is -0.489 e. The fourth-order valence-electron chi connectivity index (χ4n) is 1.59. The average molecular weight is 321 g/mol. The van der Waals surface area contributed by atoms with Crippen LogP contribution in [-0.2, 0) is 9.53 Å². The van der Waals surface area contributed by atoms with Crippen molar-refractivity contribution in [2.45, 2.75) is 12.5 Å². The third-order valence-corrected chi connectivity index (χ3v) is 2.95. The van der Waals surface area contributed by atoms with E-state index < -0.39 is 5.82 Å². The molecule has 0 aliphatic rings. The Balaban J connectivity index is 0.00000400. The van der Waals surface area contributed by atoms with E-state index in [2.05, 4.69) is 0 Å². The number of amides is 1. The van der Waals surface area contributed by atoms with Gasteiger partial charge < -0.3 is 20.1 Å². The van der Waals surface area contributed by atoms with E-state index in [1.807, 2.05) is 0 Å². The number of nitrogens with two attached hydrogens (primary N) is 1. The van der Waals surface area contributed by atoms with Crippen LogP contribution in [0.25, 0.3) is 0 Å². The zero-order valence-electron chi connectivity index (χ0n) is 12.3. The Hall–Kier alpha value is -1.37.